The molecule has 5 N–H and O–H groups in total. The Morgan fingerprint density at radius 1 is 0.826 bits per heavy atom. The molecule has 0 radical (unpaired) electrons. The van der Waals surface area contributed by atoms with E-state index >= 15 is 0 Å². The van der Waals surface area contributed by atoms with E-state index in [9.17, 15) is 4.79 Å². The zero-order valence-electron chi connectivity index (χ0n) is 15.6. The molecule has 1 aliphatic heterocycles. The van der Waals surface area contributed by atoms with Crippen LogP contribution in [-0.4, -0.2) is 64.8 Å². The molecule has 1 aliphatic rings. The van der Waals surface area contributed by atoms with Crippen molar-refractivity contribution in [2.24, 2.45) is 11.8 Å². The van der Waals surface area contributed by atoms with Crippen molar-refractivity contribution < 1.29 is 4.79 Å². The number of carbonyl (C=O) groups excluding carboxylic acids is 1. The van der Waals surface area contributed by atoms with Crippen molar-refractivity contribution in [3.8, 4) is 0 Å². The molecule has 0 bridgehead atoms. The molecule has 0 aromatic heterocycles. The zero-order chi connectivity index (χ0) is 17.3. The van der Waals surface area contributed by atoms with Crippen molar-refractivity contribution in [3.63, 3.8) is 0 Å². The van der Waals surface area contributed by atoms with Crippen LogP contribution in [0.2, 0.25) is 0 Å². The molecule has 23 heavy (non-hydrogen) atoms. The Labute approximate surface area is 142 Å². The van der Waals surface area contributed by atoms with Gasteiger partial charge < -0.3 is 26.6 Å². The Balaban J connectivity index is 0.000000423. The molecule has 6 nitrogen and oxygen atoms in total. The van der Waals surface area contributed by atoms with Gasteiger partial charge in [0, 0.05) is 64.8 Å². The first-order valence-electron chi connectivity index (χ1n) is 9.18. The largest absolute Gasteiger partial charge is 0.356 e. The maximum atomic E-state index is 11.1. The van der Waals surface area contributed by atoms with Crippen LogP contribution in [0.4, 0.5) is 0 Å². The van der Waals surface area contributed by atoms with Gasteiger partial charge in [0.05, 0.1) is 0 Å². The topological polar surface area (TPSA) is 77.2 Å². The van der Waals surface area contributed by atoms with Crippen molar-refractivity contribution >= 4 is 5.91 Å². The van der Waals surface area contributed by atoms with Crippen LogP contribution < -0.4 is 26.6 Å². The quantitative estimate of drug-likeness (QED) is 0.508. The summed E-state index contributed by atoms with van der Waals surface area (Å²) in [6.45, 7) is 17.5. The average molecular weight is 330 g/mol. The van der Waals surface area contributed by atoms with Gasteiger partial charge in [0.1, 0.15) is 0 Å². The standard InChI is InChI=1S/C9H19NO.C8H20N4/c1-5-8(4)6-10-9(11)7(2)3;1-2-10-5-6-12-8-7-11-4-3-9-1/h7-8H,5-6H2,1-4H3,(H,10,11);9-12H,1-8H2. The smallest absolute Gasteiger partial charge is 0.222 e. The fourth-order valence-corrected chi connectivity index (χ4v) is 1.83. The van der Waals surface area contributed by atoms with Crippen LogP contribution in [0, 0.1) is 11.8 Å². The summed E-state index contributed by atoms with van der Waals surface area (Å²) in [7, 11) is 0. The molecular weight excluding hydrogens is 290 g/mol. The Kier molecular flexibility index (Phi) is 15.7. The van der Waals surface area contributed by atoms with Crippen LogP contribution in [0.5, 0.6) is 0 Å². The highest BCUT2D eigenvalue weighted by Crippen LogP contribution is 1.98. The number of hydrogen-bond acceptors (Lipinski definition) is 5. The summed E-state index contributed by atoms with van der Waals surface area (Å²) in [5, 5.41) is 16.3. The minimum Gasteiger partial charge on any atom is -0.356 e. The van der Waals surface area contributed by atoms with Gasteiger partial charge in [-0.1, -0.05) is 34.1 Å². The third-order valence-corrected chi connectivity index (χ3v) is 3.76. The van der Waals surface area contributed by atoms with E-state index in [1.165, 1.54) is 0 Å². The second-order valence-electron chi connectivity index (χ2n) is 6.41. The molecule has 1 amide bonds. The zero-order valence-corrected chi connectivity index (χ0v) is 15.6. The van der Waals surface area contributed by atoms with Crippen LogP contribution in [0.25, 0.3) is 0 Å². The first-order chi connectivity index (χ1) is 11.1. The predicted octanol–water partition coefficient (Wildman–Crippen LogP) is 0.163. The summed E-state index contributed by atoms with van der Waals surface area (Å²) in [5.74, 6) is 0.863. The molecule has 1 heterocycles. The number of carbonyl (C=O) groups is 1. The molecule has 138 valence electrons. The van der Waals surface area contributed by atoms with Crippen molar-refractivity contribution in [2.75, 3.05) is 58.9 Å². The van der Waals surface area contributed by atoms with Gasteiger partial charge >= 0.3 is 0 Å². The van der Waals surface area contributed by atoms with Crippen molar-refractivity contribution in [3.05, 3.63) is 0 Å². The van der Waals surface area contributed by atoms with Gasteiger partial charge in [0.25, 0.3) is 0 Å². The highest BCUT2D eigenvalue weighted by atomic mass is 16.1. The molecule has 1 saturated heterocycles. The molecule has 1 unspecified atom stereocenters. The minimum atomic E-state index is 0.110. The van der Waals surface area contributed by atoms with Gasteiger partial charge in [-0.2, -0.15) is 0 Å². The first kappa shape index (κ1) is 22.3. The molecule has 1 rings (SSSR count). The second-order valence-corrected chi connectivity index (χ2v) is 6.41. The molecule has 6 heteroatoms. The minimum absolute atomic E-state index is 0.110. The van der Waals surface area contributed by atoms with Crippen LogP contribution >= 0.6 is 0 Å². The third-order valence-electron chi connectivity index (χ3n) is 3.76. The lowest BCUT2D eigenvalue weighted by molar-refractivity contribution is -0.124. The lowest BCUT2D eigenvalue weighted by atomic mass is 10.1. The van der Waals surface area contributed by atoms with Gasteiger partial charge in [0.15, 0.2) is 0 Å². The van der Waals surface area contributed by atoms with E-state index in [-0.39, 0.29) is 11.8 Å². The van der Waals surface area contributed by atoms with E-state index < -0.39 is 0 Å². The summed E-state index contributed by atoms with van der Waals surface area (Å²) < 4.78 is 0. The fraction of sp³-hybridized carbons (Fsp3) is 0.941. The molecule has 0 spiro atoms. The van der Waals surface area contributed by atoms with E-state index in [1.807, 2.05) is 13.8 Å². The van der Waals surface area contributed by atoms with E-state index in [0.29, 0.717) is 5.92 Å². The number of nitrogens with one attached hydrogen (secondary N) is 5. The second kappa shape index (κ2) is 16.2. The number of hydrogen-bond donors (Lipinski definition) is 5. The summed E-state index contributed by atoms with van der Waals surface area (Å²) in [5.41, 5.74) is 0. The summed E-state index contributed by atoms with van der Waals surface area (Å²) in [6.07, 6.45) is 1.12. The Morgan fingerprint density at radius 3 is 1.43 bits per heavy atom. The van der Waals surface area contributed by atoms with Crippen LogP contribution in [0.3, 0.4) is 0 Å². The molecule has 0 saturated carbocycles. The molecule has 1 atom stereocenters. The maximum Gasteiger partial charge on any atom is 0.222 e. The SMILES string of the molecule is C1CNCCNCCNCCN1.CCC(C)CNC(=O)C(C)C. The average Bonchev–Trinajstić information content (AvgIpc) is 2.53. The normalized spacial score (nSPS) is 18.8. The Morgan fingerprint density at radius 2 is 1.17 bits per heavy atom. The molecule has 0 aliphatic carbocycles. The third kappa shape index (κ3) is 16.0. The Bertz CT molecular complexity index is 231. The van der Waals surface area contributed by atoms with Gasteiger partial charge in [-0.15, -0.1) is 0 Å². The lowest BCUT2D eigenvalue weighted by Gasteiger charge is -2.11. The van der Waals surface area contributed by atoms with Crippen molar-refractivity contribution in [2.45, 2.75) is 34.1 Å². The first-order valence-corrected chi connectivity index (χ1v) is 9.18. The maximum absolute atomic E-state index is 11.1. The number of amides is 1. The Hall–Kier alpha value is -0.690. The summed E-state index contributed by atoms with van der Waals surface area (Å²) >= 11 is 0. The van der Waals surface area contributed by atoms with Crippen LogP contribution in [-0.2, 0) is 4.79 Å². The van der Waals surface area contributed by atoms with Crippen molar-refractivity contribution in [1.82, 2.24) is 26.6 Å². The van der Waals surface area contributed by atoms with E-state index in [0.717, 1.165) is 65.3 Å². The highest BCUT2D eigenvalue weighted by molar-refractivity contribution is 5.77. The monoisotopic (exact) mass is 329 g/mol. The molecule has 0 aromatic carbocycles. The fourth-order valence-electron chi connectivity index (χ4n) is 1.83. The highest BCUT2D eigenvalue weighted by Gasteiger charge is 2.06. The van der Waals surface area contributed by atoms with Gasteiger partial charge in [-0.3, -0.25) is 4.79 Å². The number of rotatable bonds is 4. The van der Waals surface area contributed by atoms with Gasteiger partial charge in [-0.25, -0.2) is 0 Å². The summed E-state index contributed by atoms with van der Waals surface area (Å²) in [4.78, 5) is 11.1. The van der Waals surface area contributed by atoms with Crippen LogP contribution in [0.15, 0.2) is 0 Å². The summed E-state index contributed by atoms with van der Waals surface area (Å²) in [6, 6.07) is 0. The van der Waals surface area contributed by atoms with E-state index in [4.69, 9.17) is 0 Å². The van der Waals surface area contributed by atoms with E-state index in [1.54, 1.807) is 0 Å². The van der Waals surface area contributed by atoms with Gasteiger partial charge in [0.2, 0.25) is 5.91 Å². The molecular formula is C17H39N5O. The predicted molar refractivity (Wildman–Crippen MR) is 98.8 cm³/mol. The van der Waals surface area contributed by atoms with Gasteiger partial charge in [-0.05, 0) is 5.92 Å². The van der Waals surface area contributed by atoms with E-state index in [2.05, 4.69) is 40.4 Å². The molecule has 0 aromatic rings. The van der Waals surface area contributed by atoms with Crippen LogP contribution in [0.1, 0.15) is 34.1 Å². The lowest BCUT2D eigenvalue weighted by Crippen LogP contribution is -2.39. The van der Waals surface area contributed by atoms with Crippen molar-refractivity contribution in [1.29, 1.82) is 0 Å². The molecule has 1 fully saturated rings.